The summed E-state index contributed by atoms with van der Waals surface area (Å²) in [7, 11) is 1.66. The lowest BCUT2D eigenvalue weighted by molar-refractivity contribution is -0.144. The fraction of sp³-hybridized carbons (Fsp3) is 0.938. The molecule has 1 aliphatic rings. The van der Waals surface area contributed by atoms with Gasteiger partial charge in [0.05, 0.1) is 13.2 Å². The molecule has 0 bridgehead atoms. The Morgan fingerprint density at radius 1 is 1.29 bits per heavy atom. The van der Waals surface area contributed by atoms with Crippen LogP contribution in [0.15, 0.2) is 0 Å². The summed E-state index contributed by atoms with van der Waals surface area (Å²) in [6.07, 6.45) is 2.12. The number of carbonyl (C=O) groups is 1. The van der Waals surface area contributed by atoms with Crippen molar-refractivity contribution in [3.63, 3.8) is 0 Å². The number of amides is 1. The van der Waals surface area contributed by atoms with Gasteiger partial charge in [0.25, 0.3) is 5.91 Å². The molecule has 1 amide bonds. The van der Waals surface area contributed by atoms with Crippen LogP contribution in [0, 0.1) is 0 Å². The van der Waals surface area contributed by atoms with Gasteiger partial charge in [0.1, 0.15) is 0 Å². The van der Waals surface area contributed by atoms with Crippen LogP contribution in [0.25, 0.3) is 0 Å². The molecule has 1 heterocycles. The number of ether oxygens (including phenoxy) is 1. The minimum absolute atomic E-state index is 0.165. The van der Waals surface area contributed by atoms with E-state index in [9.17, 15) is 4.79 Å². The number of hydrogen-bond acceptors (Lipinski definition) is 3. The Morgan fingerprint density at radius 2 is 2.00 bits per heavy atom. The number of halogens is 1. The SMILES string of the molecule is CCN(C)C(=O)C1(F)CCCCN(C(C)C)CCOCC1. The Labute approximate surface area is 128 Å². The fourth-order valence-corrected chi connectivity index (χ4v) is 2.69. The van der Waals surface area contributed by atoms with Crippen molar-refractivity contribution < 1.29 is 13.9 Å². The van der Waals surface area contributed by atoms with E-state index in [0.29, 0.717) is 32.2 Å². The topological polar surface area (TPSA) is 32.8 Å². The average Bonchev–Trinajstić information content (AvgIpc) is 2.50. The lowest BCUT2D eigenvalue weighted by Crippen LogP contribution is -2.45. The highest BCUT2D eigenvalue weighted by molar-refractivity contribution is 5.84. The minimum Gasteiger partial charge on any atom is -0.380 e. The maximum Gasteiger partial charge on any atom is 0.260 e. The zero-order valence-electron chi connectivity index (χ0n) is 14.0. The van der Waals surface area contributed by atoms with E-state index in [1.54, 1.807) is 7.05 Å². The van der Waals surface area contributed by atoms with Crippen LogP contribution in [0.1, 0.15) is 46.5 Å². The van der Waals surface area contributed by atoms with Gasteiger partial charge < -0.3 is 9.64 Å². The molecule has 1 rings (SSSR count). The fourth-order valence-electron chi connectivity index (χ4n) is 2.69. The van der Waals surface area contributed by atoms with Gasteiger partial charge in [-0.1, -0.05) is 0 Å². The van der Waals surface area contributed by atoms with E-state index >= 15 is 4.39 Å². The molecule has 0 aromatic rings. The summed E-state index contributed by atoms with van der Waals surface area (Å²) in [5.41, 5.74) is -1.77. The van der Waals surface area contributed by atoms with Crippen molar-refractivity contribution in [2.45, 2.75) is 58.2 Å². The van der Waals surface area contributed by atoms with Gasteiger partial charge in [-0.25, -0.2) is 4.39 Å². The molecule has 1 saturated heterocycles. The van der Waals surface area contributed by atoms with Gasteiger partial charge in [-0.2, -0.15) is 0 Å². The molecular weight excluding hydrogens is 271 g/mol. The number of nitrogens with zero attached hydrogens (tertiary/aromatic N) is 2. The van der Waals surface area contributed by atoms with Crippen LogP contribution in [0.5, 0.6) is 0 Å². The predicted octanol–water partition coefficient (Wildman–Crippen LogP) is 2.47. The first-order valence-corrected chi connectivity index (χ1v) is 8.17. The lowest BCUT2D eigenvalue weighted by atomic mass is 9.93. The van der Waals surface area contributed by atoms with Crippen LogP contribution >= 0.6 is 0 Å². The average molecular weight is 302 g/mol. The third kappa shape index (κ3) is 5.55. The minimum atomic E-state index is -1.77. The number of carbonyl (C=O) groups excluding carboxylic acids is 1. The maximum atomic E-state index is 15.1. The molecule has 1 unspecified atom stereocenters. The highest BCUT2D eigenvalue weighted by atomic mass is 19.1. The molecule has 4 nitrogen and oxygen atoms in total. The van der Waals surface area contributed by atoms with Gasteiger partial charge in [-0.15, -0.1) is 0 Å². The van der Waals surface area contributed by atoms with E-state index in [4.69, 9.17) is 4.74 Å². The van der Waals surface area contributed by atoms with Gasteiger partial charge in [0, 0.05) is 32.6 Å². The second-order valence-corrected chi connectivity index (χ2v) is 6.23. The van der Waals surface area contributed by atoms with Gasteiger partial charge in [-0.3, -0.25) is 9.69 Å². The smallest absolute Gasteiger partial charge is 0.260 e. The Balaban J connectivity index is 2.67. The third-order valence-electron chi connectivity index (χ3n) is 4.37. The van der Waals surface area contributed by atoms with Crippen molar-refractivity contribution >= 4 is 5.91 Å². The molecule has 124 valence electrons. The van der Waals surface area contributed by atoms with E-state index < -0.39 is 11.6 Å². The van der Waals surface area contributed by atoms with Crippen molar-refractivity contribution in [3.8, 4) is 0 Å². The van der Waals surface area contributed by atoms with Crippen LogP contribution in [0.3, 0.4) is 0 Å². The molecule has 0 aliphatic carbocycles. The van der Waals surface area contributed by atoms with Crippen molar-refractivity contribution in [2.24, 2.45) is 0 Å². The standard InChI is InChI=1S/C16H31FN2O2/c1-5-18(4)15(20)16(17)8-6-7-10-19(14(2)3)11-13-21-12-9-16/h14H,5-13H2,1-4H3. The van der Waals surface area contributed by atoms with Crippen LogP contribution in [-0.4, -0.2) is 67.3 Å². The molecular formula is C16H31FN2O2. The predicted molar refractivity (Wildman–Crippen MR) is 83.1 cm³/mol. The Bertz CT molecular complexity index is 325. The molecule has 0 saturated carbocycles. The second-order valence-electron chi connectivity index (χ2n) is 6.23. The van der Waals surface area contributed by atoms with Gasteiger partial charge in [0.15, 0.2) is 5.67 Å². The summed E-state index contributed by atoms with van der Waals surface area (Å²) in [5, 5.41) is 0. The van der Waals surface area contributed by atoms with Gasteiger partial charge in [-0.05, 0) is 46.6 Å². The highest BCUT2D eigenvalue weighted by Gasteiger charge is 2.39. The number of alkyl halides is 1. The molecule has 21 heavy (non-hydrogen) atoms. The molecule has 1 fully saturated rings. The molecule has 5 heteroatoms. The van der Waals surface area contributed by atoms with E-state index in [1.165, 1.54) is 4.90 Å². The quantitative estimate of drug-likeness (QED) is 0.803. The first-order chi connectivity index (χ1) is 9.90. The van der Waals surface area contributed by atoms with Crippen LogP contribution in [-0.2, 0) is 9.53 Å². The Hall–Kier alpha value is -0.680. The molecule has 0 aromatic heterocycles. The van der Waals surface area contributed by atoms with Crippen molar-refractivity contribution in [2.75, 3.05) is 39.9 Å². The van der Waals surface area contributed by atoms with Gasteiger partial charge >= 0.3 is 0 Å². The van der Waals surface area contributed by atoms with Gasteiger partial charge in [0.2, 0.25) is 0 Å². The highest BCUT2D eigenvalue weighted by Crippen LogP contribution is 2.27. The van der Waals surface area contributed by atoms with Crippen LogP contribution in [0.4, 0.5) is 4.39 Å². The van der Waals surface area contributed by atoms with Crippen molar-refractivity contribution in [3.05, 3.63) is 0 Å². The largest absolute Gasteiger partial charge is 0.380 e. The number of rotatable bonds is 3. The number of hydrogen-bond donors (Lipinski definition) is 0. The summed E-state index contributed by atoms with van der Waals surface area (Å²) in [6.45, 7) is 9.46. The van der Waals surface area contributed by atoms with E-state index in [-0.39, 0.29) is 6.42 Å². The second kappa shape index (κ2) is 8.69. The molecule has 1 aliphatic heterocycles. The van der Waals surface area contributed by atoms with Crippen LogP contribution < -0.4 is 0 Å². The van der Waals surface area contributed by atoms with E-state index in [0.717, 1.165) is 25.9 Å². The summed E-state index contributed by atoms with van der Waals surface area (Å²) in [6, 6.07) is 0.470. The molecule has 0 aromatic carbocycles. The first-order valence-electron chi connectivity index (χ1n) is 8.17. The zero-order valence-corrected chi connectivity index (χ0v) is 14.0. The Morgan fingerprint density at radius 3 is 2.62 bits per heavy atom. The molecule has 1 atom stereocenters. The maximum absolute atomic E-state index is 15.1. The third-order valence-corrected chi connectivity index (χ3v) is 4.37. The Kier molecular flexibility index (Phi) is 7.60. The summed E-state index contributed by atoms with van der Waals surface area (Å²) in [4.78, 5) is 16.1. The lowest BCUT2D eigenvalue weighted by Gasteiger charge is -2.28. The summed E-state index contributed by atoms with van der Waals surface area (Å²) >= 11 is 0. The monoisotopic (exact) mass is 302 g/mol. The van der Waals surface area contributed by atoms with E-state index in [2.05, 4.69) is 18.7 Å². The van der Waals surface area contributed by atoms with Crippen molar-refractivity contribution in [1.82, 2.24) is 9.80 Å². The normalized spacial score (nSPS) is 26.4. The van der Waals surface area contributed by atoms with Crippen molar-refractivity contribution in [1.29, 1.82) is 0 Å². The zero-order chi connectivity index (χ0) is 15.9. The molecule has 0 spiro atoms. The summed E-state index contributed by atoms with van der Waals surface area (Å²) in [5.74, 6) is -0.395. The molecule has 0 radical (unpaired) electrons. The molecule has 0 N–H and O–H groups in total. The van der Waals surface area contributed by atoms with E-state index in [1.807, 2.05) is 6.92 Å². The first kappa shape index (κ1) is 18.4. The van der Waals surface area contributed by atoms with Crippen LogP contribution in [0.2, 0.25) is 0 Å². The summed E-state index contributed by atoms with van der Waals surface area (Å²) < 4.78 is 20.6.